The Morgan fingerprint density at radius 2 is 1.85 bits per heavy atom. The minimum absolute atomic E-state index is 0.0385. The lowest BCUT2D eigenvalue weighted by molar-refractivity contribution is -0.154. The van der Waals surface area contributed by atoms with E-state index in [-0.39, 0.29) is 16.9 Å². The fourth-order valence-electron chi connectivity index (χ4n) is 2.04. The van der Waals surface area contributed by atoms with Gasteiger partial charge in [-0.2, -0.15) is 31.6 Å². The highest BCUT2D eigenvalue weighted by atomic mass is 19.4. The van der Waals surface area contributed by atoms with Crippen LogP contribution in [0.3, 0.4) is 0 Å². The van der Waals surface area contributed by atoms with E-state index < -0.39 is 36.2 Å². The molecular weight excluding hydrogens is 368 g/mol. The highest BCUT2D eigenvalue weighted by Gasteiger charge is 2.32. The van der Waals surface area contributed by atoms with Gasteiger partial charge in [-0.15, -0.1) is 10.2 Å². The first kappa shape index (κ1) is 17.9. The molecule has 0 fully saturated rings. The smallest absolute Gasteiger partial charge is 0.422 e. The predicted octanol–water partition coefficient (Wildman–Crippen LogP) is 3.38. The molecule has 12 heteroatoms. The number of nitrogens with zero attached hydrogens (tertiary/aromatic N) is 5. The molecule has 0 aliphatic rings. The van der Waals surface area contributed by atoms with Gasteiger partial charge in [-0.3, -0.25) is 0 Å². The highest BCUT2D eigenvalue weighted by molar-refractivity contribution is 5.59. The van der Waals surface area contributed by atoms with Gasteiger partial charge in [0.05, 0.1) is 5.69 Å². The first-order valence-corrected chi connectivity index (χ1v) is 7.01. The van der Waals surface area contributed by atoms with Crippen molar-refractivity contribution < 1.29 is 31.1 Å². The van der Waals surface area contributed by atoms with E-state index in [0.29, 0.717) is 6.92 Å². The lowest BCUT2D eigenvalue weighted by Crippen LogP contribution is -2.20. The second kappa shape index (κ2) is 6.11. The Morgan fingerprint density at radius 3 is 2.46 bits per heavy atom. The minimum atomic E-state index is -4.64. The summed E-state index contributed by atoms with van der Waals surface area (Å²) < 4.78 is 82.3. The van der Waals surface area contributed by atoms with Gasteiger partial charge < -0.3 is 4.74 Å². The maximum atomic E-state index is 13.9. The van der Waals surface area contributed by atoms with Gasteiger partial charge >= 0.3 is 12.1 Å². The third-order valence-corrected chi connectivity index (χ3v) is 3.13. The number of aromatic nitrogens is 5. The van der Waals surface area contributed by atoms with Crippen molar-refractivity contribution in [2.45, 2.75) is 19.0 Å². The molecule has 0 bridgehead atoms. The molecular formula is C14H9F6N5O. The highest BCUT2D eigenvalue weighted by Crippen LogP contribution is 2.27. The van der Waals surface area contributed by atoms with Gasteiger partial charge in [0.2, 0.25) is 5.82 Å². The van der Waals surface area contributed by atoms with Crippen molar-refractivity contribution in [2.24, 2.45) is 0 Å². The Bertz CT molecular complexity index is 949. The molecule has 3 heterocycles. The van der Waals surface area contributed by atoms with Crippen LogP contribution in [-0.4, -0.2) is 37.6 Å². The Balaban J connectivity index is 1.95. The van der Waals surface area contributed by atoms with Crippen LogP contribution < -0.4 is 4.74 Å². The first-order chi connectivity index (χ1) is 12.0. The maximum Gasteiger partial charge on any atom is 0.422 e. The fourth-order valence-corrected chi connectivity index (χ4v) is 2.04. The summed E-state index contributed by atoms with van der Waals surface area (Å²) in [5.74, 6) is -6.02. The SMILES string of the molecule is CC(F)(F)c1nnc2ccc(-c3cnc(OCC(F)(F)F)c(F)c3)nn12. The summed E-state index contributed by atoms with van der Waals surface area (Å²) in [6.45, 7) is -1.08. The van der Waals surface area contributed by atoms with Gasteiger partial charge in [-0.25, -0.2) is 9.37 Å². The Kier molecular flexibility index (Phi) is 4.20. The van der Waals surface area contributed by atoms with Crippen LogP contribution in [0.25, 0.3) is 16.9 Å². The van der Waals surface area contributed by atoms with Crippen LogP contribution in [0, 0.1) is 5.82 Å². The van der Waals surface area contributed by atoms with Gasteiger partial charge in [0.25, 0.3) is 5.88 Å². The second-order valence-electron chi connectivity index (χ2n) is 5.32. The molecule has 0 aromatic carbocycles. The van der Waals surface area contributed by atoms with E-state index >= 15 is 0 Å². The molecule has 0 saturated carbocycles. The standard InChI is InChI=1S/C14H9F6N5O/c1-13(16,17)12-23-22-10-3-2-9(24-25(10)12)7-4-8(15)11(21-5-7)26-6-14(18,19)20/h2-5H,6H2,1H3. The van der Waals surface area contributed by atoms with Crippen LogP contribution in [0.4, 0.5) is 26.3 Å². The van der Waals surface area contributed by atoms with Crippen LogP contribution >= 0.6 is 0 Å². The van der Waals surface area contributed by atoms with E-state index in [0.717, 1.165) is 16.8 Å². The topological polar surface area (TPSA) is 65.2 Å². The molecule has 3 aromatic rings. The van der Waals surface area contributed by atoms with Crippen LogP contribution in [0.2, 0.25) is 0 Å². The summed E-state index contributed by atoms with van der Waals surface area (Å²) in [5, 5.41) is 10.8. The summed E-state index contributed by atoms with van der Waals surface area (Å²) in [4.78, 5) is 3.47. The van der Waals surface area contributed by atoms with Gasteiger partial charge in [-0.05, 0) is 18.2 Å². The summed E-state index contributed by atoms with van der Waals surface area (Å²) in [5.41, 5.74) is 0.128. The molecule has 0 spiro atoms. The Morgan fingerprint density at radius 1 is 1.12 bits per heavy atom. The van der Waals surface area contributed by atoms with Crippen molar-refractivity contribution in [3.8, 4) is 17.1 Å². The molecule has 0 radical (unpaired) electrons. The van der Waals surface area contributed by atoms with E-state index in [9.17, 15) is 26.3 Å². The molecule has 138 valence electrons. The predicted molar refractivity (Wildman–Crippen MR) is 75.1 cm³/mol. The lowest BCUT2D eigenvalue weighted by Gasteiger charge is -2.10. The maximum absolute atomic E-state index is 13.9. The van der Waals surface area contributed by atoms with Crippen molar-refractivity contribution in [1.82, 2.24) is 24.8 Å². The number of hydrogen-bond acceptors (Lipinski definition) is 5. The van der Waals surface area contributed by atoms with Gasteiger partial charge in [0.1, 0.15) is 0 Å². The Labute approximate surface area is 141 Å². The summed E-state index contributed by atoms with van der Waals surface area (Å²) >= 11 is 0. The van der Waals surface area contributed by atoms with Gasteiger partial charge in [-0.1, -0.05) is 0 Å². The molecule has 0 N–H and O–H groups in total. The zero-order valence-corrected chi connectivity index (χ0v) is 12.9. The summed E-state index contributed by atoms with van der Waals surface area (Å²) in [6.07, 6.45) is -3.63. The van der Waals surface area contributed by atoms with Crippen LogP contribution in [0.5, 0.6) is 5.88 Å². The number of halogens is 6. The largest absolute Gasteiger partial charge is 0.466 e. The van der Waals surface area contributed by atoms with Crippen molar-refractivity contribution in [3.05, 3.63) is 36.0 Å². The number of ether oxygens (including phenoxy) is 1. The van der Waals surface area contributed by atoms with Crippen molar-refractivity contribution in [3.63, 3.8) is 0 Å². The van der Waals surface area contributed by atoms with E-state index in [1.165, 1.54) is 12.1 Å². The van der Waals surface area contributed by atoms with Crippen LogP contribution in [0.1, 0.15) is 12.7 Å². The van der Waals surface area contributed by atoms with Crippen molar-refractivity contribution in [1.29, 1.82) is 0 Å². The number of hydrogen-bond donors (Lipinski definition) is 0. The van der Waals surface area contributed by atoms with Crippen LogP contribution in [-0.2, 0) is 5.92 Å². The van der Waals surface area contributed by atoms with Crippen LogP contribution in [0.15, 0.2) is 24.4 Å². The van der Waals surface area contributed by atoms with E-state index in [2.05, 4.69) is 25.0 Å². The number of alkyl halides is 5. The number of rotatable bonds is 4. The first-order valence-electron chi connectivity index (χ1n) is 7.01. The number of pyridine rings is 1. The average Bonchev–Trinajstić information content (AvgIpc) is 2.96. The zero-order chi connectivity index (χ0) is 19.1. The zero-order valence-electron chi connectivity index (χ0n) is 12.9. The molecule has 6 nitrogen and oxygen atoms in total. The molecule has 0 amide bonds. The molecule has 0 unspecified atom stereocenters. The molecule has 26 heavy (non-hydrogen) atoms. The number of fused-ring (bicyclic) bond motifs is 1. The van der Waals surface area contributed by atoms with Crippen molar-refractivity contribution in [2.75, 3.05) is 6.61 Å². The lowest BCUT2D eigenvalue weighted by atomic mass is 10.2. The average molecular weight is 377 g/mol. The van der Waals surface area contributed by atoms with E-state index in [1.807, 2.05) is 0 Å². The monoisotopic (exact) mass is 377 g/mol. The minimum Gasteiger partial charge on any atom is -0.466 e. The third-order valence-electron chi connectivity index (χ3n) is 3.13. The molecule has 0 aliphatic carbocycles. The van der Waals surface area contributed by atoms with Gasteiger partial charge in [0.15, 0.2) is 18.1 Å². The summed E-state index contributed by atoms with van der Waals surface area (Å²) in [7, 11) is 0. The molecule has 3 rings (SSSR count). The van der Waals surface area contributed by atoms with Gasteiger partial charge in [0, 0.05) is 18.7 Å². The quantitative estimate of drug-likeness (QED) is 0.653. The third kappa shape index (κ3) is 3.68. The van der Waals surface area contributed by atoms with Crippen molar-refractivity contribution >= 4 is 5.65 Å². The van der Waals surface area contributed by atoms with E-state index in [4.69, 9.17) is 0 Å². The Hall–Kier alpha value is -2.92. The molecule has 0 saturated heterocycles. The fraction of sp³-hybridized carbons (Fsp3) is 0.286. The second-order valence-corrected chi connectivity index (χ2v) is 5.32. The molecule has 3 aromatic heterocycles. The molecule has 0 aliphatic heterocycles. The van der Waals surface area contributed by atoms with E-state index in [1.54, 1.807) is 0 Å². The molecule has 0 atom stereocenters. The normalized spacial score (nSPS) is 12.6. The summed E-state index contributed by atoms with van der Waals surface area (Å²) in [6, 6.07) is 3.52.